The minimum atomic E-state index is -0.358. The second-order valence-corrected chi connectivity index (χ2v) is 5.84. The van der Waals surface area contributed by atoms with E-state index in [1.807, 2.05) is 24.3 Å². The smallest absolute Gasteiger partial charge is 0.220 e. The molecule has 2 aromatic rings. The van der Waals surface area contributed by atoms with Crippen molar-refractivity contribution in [2.45, 2.75) is 26.3 Å². The highest BCUT2D eigenvalue weighted by Gasteiger charge is 2.12. The van der Waals surface area contributed by atoms with E-state index in [1.54, 1.807) is 11.3 Å². The monoisotopic (exact) mass is 304 g/mol. The molecule has 21 heavy (non-hydrogen) atoms. The van der Waals surface area contributed by atoms with Crippen molar-refractivity contribution in [3.63, 3.8) is 0 Å². The number of thiophene rings is 1. The quantitative estimate of drug-likeness (QED) is 0.823. The van der Waals surface area contributed by atoms with Gasteiger partial charge in [-0.05, 0) is 43.0 Å². The number of benzene rings is 1. The van der Waals surface area contributed by atoms with Crippen molar-refractivity contribution in [3.05, 3.63) is 46.2 Å². The zero-order valence-corrected chi connectivity index (χ0v) is 13.1. The van der Waals surface area contributed by atoms with E-state index in [9.17, 15) is 4.79 Å². The van der Waals surface area contributed by atoms with Crippen molar-refractivity contribution < 1.29 is 9.53 Å². The van der Waals surface area contributed by atoms with E-state index < -0.39 is 0 Å². The Morgan fingerprint density at radius 2 is 2.14 bits per heavy atom. The minimum absolute atomic E-state index is 0.200. The number of hydrogen-bond donors (Lipinski definition) is 2. The molecule has 1 atom stereocenters. The van der Waals surface area contributed by atoms with Crippen LogP contribution in [-0.4, -0.2) is 12.5 Å². The zero-order valence-electron chi connectivity index (χ0n) is 12.3. The van der Waals surface area contributed by atoms with Crippen LogP contribution in [0.3, 0.4) is 0 Å². The van der Waals surface area contributed by atoms with Crippen LogP contribution in [0.1, 0.15) is 29.8 Å². The van der Waals surface area contributed by atoms with Gasteiger partial charge in [-0.2, -0.15) is 0 Å². The van der Waals surface area contributed by atoms with E-state index in [0.717, 1.165) is 11.4 Å². The Morgan fingerprint density at radius 1 is 1.38 bits per heavy atom. The second-order valence-electron chi connectivity index (χ2n) is 4.89. The van der Waals surface area contributed by atoms with Crippen LogP contribution in [0.25, 0.3) is 0 Å². The third kappa shape index (κ3) is 4.23. The van der Waals surface area contributed by atoms with Gasteiger partial charge in [-0.1, -0.05) is 12.1 Å². The zero-order chi connectivity index (χ0) is 15.2. The number of primary amides is 1. The van der Waals surface area contributed by atoms with Crippen molar-refractivity contribution in [2.24, 2.45) is 5.73 Å². The average molecular weight is 304 g/mol. The van der Waals surface area contributed by atoms with E-state index >= 15 is 0 Å². The molecule has 0 fully saturated rings. The van der Waals surface area contributed by atoms with Gasteiger partial charge in [0.25, 0.3) is 0 Å². The number of para-hydroxylation sites is 2. The summed E-state index contributed by atoms with van der Waals surface area (Å²) >= 11 is 1.74. The maximum atomic E-state index is 10.8. The molecule has 0 aliphatic carbocycles. The van der Waals surface area contributed by atoms with Gasteiger partial charge in [0.15, 0.2) is 0 Å². The molecule has 1 aromatic carbocycles. The van der Waals surface area contributed by atoms with Gasteiger partial charge in [0.05, 0.1) is 24.8 Å². The Bertz CT molecular complexity index is 610. The molecule has 4 nitrogen and oxygen atoms in total. The molecule has 1 unspecified atom stereocenters. The number of aryl methyl sites for hydroxylation is 1. The number of nitrogens with two attached hydrogens (primary N) is 1. The van der Waals surface area contributed by atoms with E-state index in [2.05, 4.69) is 30.6 Å². The topological polar surface area (TPSA) is 64.3 Å². The Morgan fingerprint density at radius 3 is 2.81 bits per heavy atom. The Balaban J connectivity index is 2.06. The molecular formula is C16H20N2O2S. The van der Waals surface area contributed by atoms with Crippen LogP contribution >= 0.6 is 11.3 Å². The summed E-state index contributed by atoms with van der Waals surface area (Å²) in [4.78, 5) is 12.1. The first-order valence-corrected chi connectivity index (χ1v) is 7.76. The summed E-state index contributed by atoms with van der Waals surface area (Å²) in [6.45, 7) is 4.53. The molecule has 1 amide bonds. The molecule has 112 valence electrons. The highest BCUT2D eigenvalue weighted by molar-refractivity contribution is 7.10. The van der Waals surface area contributed by atoms with Crippen molar-refractivity contribution in [1.29, 1.82) is 0 Å². The van der Waals surface area contributed by atoms with Crippen molar-refractivity contribution >= 4 is 22.9 Å². The second kappa shape index (κ2) is 7.13. The first kappa shape index (κ1) is 15.4. The number of carbonyl (C=O) groups excluding carboxylic acids is 1. The lowest BCUT2D eigenvalue weighted by Crippen LogP contribution is -2.15. The summed E-state index contributed by atoms with van der Waals surface area (Å²) in [6, 6.07) is 10.0. The van der Waals surface area contributed by atoms with Gasteiger partial charge < -0.3 is 15.8 Å². The van der Waals surface area contributed by atoms with Crippen LogP contribution < -0.4 is 15.8 Å². The molecule has 0 saturated carbocycles. The van der Waals surface area contributed by atoms with E-state index in [-0.39, 0.29) is 18.4 Å². The summed E-state index contributed by atoms with van der Waals surface area (Å²) in [6.07, 6.45) is 0.216. The number of anilines is 1. The predicted molar refractivity (Wildman–Crippen MR) is 86.8 cm³/mol. The molecule has 0 bridgehead atoms. The van der Waals surface area contributed by atoms with Crippen molar-refractivity contribution in [2.75, 3.05) is 11.9 Å². The Kier molecular flexibility index (Phi) is 5.22. The lowest BCUT2D eigenvalue weighted by molar-refractivity contribution is -0.118. The summed E-state index contributed by atoms with van der Waals surface area (Å²) < 4.78 is 5.64. The van der Waals surface area contributed by atoms with Crippen LogP contribution in [-0.2, 0) is 4.79 Å². The molecule has 3 N–H and O–H groups in total. The third-order valence-corrected chi connectivity index (χ3v) is 4.36. The maximum Gasteiger partial charge on any atom is 0.220 e. The molecule has 2 rings (SSSR count). The molecule has 0 saturated heterocycles. The van der Waals surface area contributed by atoms with Crippen LogP contribution in [0, 0.1) is 6.92 Å². The summed E-state index contributed by atoms with van der Waals surface area (Å²) in [5, 5.41) is 5.56. The Labute approximate surface area is 128 Å². The number of rotatable bonds is 7. The fourth-order valence-corrected chi connectivity index (χ4v) is 3.04. The van der Waals surface area contributed by atoms with Gasteiger partial charge in [0, 0.05) is 4.88 Å². The van der Waals surface area contributed by atoms with Gasteiger partial charge in [0.1, 0.15) is 5.75 Å². The summed E-state index contributed by atoms with van der Waals surface area (Å²) in [5.41, 5.74) is 7.33. The normalized spacial score (nSPS) is 11.9. The van der Waals surface area contributed by atoms with Gasteiger partial charge >= 0.3 is 0 Å². The van der Waals surface area contributed by atoms with Crippen LogP contribution in [0.15, 0.2) is 35.7 Å². The number of hydrogen-bond acceptors (Lipinski definition) is 4. The number of nitrogens with one attached hydrogen (secondary N) is 1. The van der Waals surface area contributed by atoms with Crippen molar-refractivity contribution in [1.82, 2.24) is 0 Å². The van der Waals surface area contributed by atoms with Gasteiger partial charge in [0.2, 0.25) is 5.91 Å². The van der Waals surface area contributed by atoms with E-state index in [0.29, 0.717) is 6.61 Å². The number of ether oxygens (including phenoxy) is 1. The highest BCUT2D eigenvalue weighted by atomic mass is 32.1. The average Bonchev–Trinajstić information content (AvgIpc) is 2.86. The van der Waals surface area contributed by atoms with Gasteiger partial charge in [-0.25, -0.2) is 0 Å². The summed E-state index contributed by atoms with van der Waals surface area (Å²) in [5.74, 6) is 0.378. The molecule has 0 spiro atoms. The number of amides is 1. The van der Waals surface area contributed by atoms with Gasteiger partial charge in [-0.15, -0.1) is 11.3 Å². The van der Waals surface area contributed by atoms with E-state index in [4.69, 9.17) is 10.5 Å². The molecule has 0 aliphatic heterocycles. The first-order chi connectivity index (χ1) is 10.1. The minimum Gasteiger partial charge on any atom is -0.491 e. The van der Waals surface area contributed by atoms with Crippen LogP contribution in [0.4, 0.5) is 5.69 Å². The first-order valence-electron chi connectivity index (χ1n) is 6.88. The maximum absolute atomic E-state index is 10.8. The molecular weight excluding hydrogens is 284 g/mol. The molecule has 0 aliphatic rings. The SMILES string of the molecule is Cc1ccsc1C(C)Nc1ccccc1OCCC(N)=O. The Hall–Kier alpha value is -2.01. The standard InChI is InChI=1S/C16H20N2O2S/c1-11-8-10-21-16(11)12(2)18-13-5-3-4-6-14(13)20-9-7-15(17)19/h3-6,8,10,12,18H,7,9H2,1-2H3,(H2,17,19). The third-order valence-electron chi connectivity index (χ3n) is 3.16. The fourth-order valence-electron chi connectivity index (χ4n) is 2.10. The molecule has 5 heteroatoms. The van der Waals surface area contributed by atoms with Crippen LogP contribution in [0.5, 0.6) is 5.75 Å². The fraction of sp³-hybridized carbons (Fsp3) is 0.312. The molecule has 0 radical (unpaired) electrons. The van der Waals surface area contributed by atoms with Gasteiger partial charge in [-0.3, -0.25) is 4.79 Å². The lowest BCUT2D eigenvalue weighted by Gasteiger charge is -2.18. The molecule has 1 aromatic heterocycles. The van der Waals surface area contributed by atoms with Crippen LogP contribution in [0.2, 0.25) is 0 Å². The summed E-state index contributed by atoms with van der Waals surface area (Å²) in [7, 11) is 0. The largest absolute Gasteiger partial charge is 0.491 e. The number of carbonyl (C=O) groups is 1. The van der Waals surface area contributed by atoms with E-state index in [1.165, 1.54) is 10.4 Å². The predicted octanol–water partition coefficient (Wildman–Crippen LogP) is 3.48. The lowest BCUT2D eigenvalue weighted by atomic mass is 10.2. The van der Waals surface area contributed by atoms with Crippen molar-refractivity contribution in [3.8, 4) is 5.75 Å². The molecule has 1 heterocycles. The highest BCUT2D eigenvalue weighted by Crippen LogP contribution is 2.31.